The van der Waals surface area contributed by atoms with E-state index in [1.165, 1.54) is 30.3 Å². The lowest BCUT2D eigenvalue weighted by atomic mass is 10.2. The Bertz CT molecular complexity index is 647. The fourth-order valence-electron chi connectivity index (χ4n) is 1.53. The van der Waals surface area contributed by atoms with Crippen molar-refractivity contribution in [2.45, 2.75) is 0 Å². The predicted octanol–water partition coefficient (Wildman–Crippen LogP) is 3.02. The molecule has 6 heteroatoms. The predicted molar refractivity (Wildman–Crippen MR) is 71.9 cm³/mol. The highest BCUT2D eigenvalue weighted by molar-refractivity contribution is 6.31. The first kappa shape index (κ1) is 13.2. The number of nitrogen functional groups attached to an aromatic ring is 1. The van der Waals surface area contributed by atoms with Crippen molar-refractivity contribution in [1.82, 2.24) is 0 Å². The largest absolute Gasteiger partial charge is 0.507 e. The van der Waals surface area contributed by atoms with Crippen molar-refractivity contribution in [1.29, 1.82) is 0 Å². The van der Waals surface area contributed by atoms with Gasteiger partial charge in [0, 0.05) is 10.7 Å². The second kappa shape index (κ2) is 5.16. The summed E-state index contributed by atoms with van der Waals surface area (Å²) in [7, 11) is 0. The van der Waals surface area contributed by atoms with Gasteiger partial charge in [-0.1, -0.05) is 11.6 Å². The summed E-state index contributed by atoms with van der Waals surface area (Å²) in [5, 5.41) is 12.2. The van der Waals surface area contributed by atoms with Crippen LogP contribution in [0.25, 0.3) is 0 Å². The van der Waals surface area contributed by atoms with E-state index in [0.717, 1.165) is 6.07 Å². The molecule has 0 aromatic heterocycles. The van der Waals surface area contributed by atoms with E-state index in [0.29, 0.717) is 10.7 Å². The van der Waals surface area contributed by atoms with Gasteiger partial charge in [-0.3, -0.25) is 4.79 Å². The van der Waals surface area contributed by atoms with Crippen molar-refractivity contribution in [2.24, 2.45) is 0 Å². The van der Waals surface area contributed by atoms with E-state index in [1.807, 2.05) is 0 Å². The van der Waals surface area contributed by atoms with Gasteiger partial charge in [0.05, 0.1) is 11.3 Å². The van der Waals surface area contributed by atoms with E-state index in [-0.39, 0.29) is 17.0 Å². The van der Waals surface area contributed by atoms with Crippen molar-refractivity contribution in [3.63, 3.8) is 0 Å². The van der Waals surface area contributed by atoms with Crippen LogP contribution in [0.1, 0.15) is 10.4 Å². The average Bonchev–Trinajstić information content (AvgIpc) is 2.33. The van der Waals surface area contributed by atoms with Crippen LogP contribution in [0.3, 0.4) is 0 Å². The zero-order valence-corrected chi connectivity index (χ0v) is 10.4. The van der Waals surface area contributed by atoms with E-state index in [4.69, 9.17) is 17.3 Å². The molecule has 0 spiro atoms. The van der Waals surface area contributed by atoms with Crippen LogP contribution >= 0.6 is 11.6 Å². The number of carbonyl (C=O) groups is 1. The fraction of sp³-hybridized carbons (Fsp3) is 0. The average molecular weight is 281 g/mol. The molecule has 4 N–H and O–H groups in total. The molecule has 1 amide bonds. The topological polar surface area (TPSA) is 75.3 Å². The third-order valence-corrected chi connectivity index (χ3v) is 2.68. The van der Waals surface area contributed by atoms with Gasteiger partial charge in [0.25, 0.3) is 5.91 Å². The summed E-state index contributed by atoms with van der Waals surface area (Å²) >= 11 is 5.66. The molecule has 0 atom stereocenters. The number of hydrogen-bond donors (Lipinski definition) is 3. The second-order valence-electron chi connectivity index (χ2n) is 3.85. The molecule has 0 aliphatic heterocycles. The number of nitrogens with one attached hydrogen (secondary N) is 1. The Morgan fingerprint density at radius 1 is 1.26 bits per heavy atom. The van der Waals surface area contributed by atoms with E-state index in [1.54, 1.807) is 0 Å². The van der Waals surface area contributed by atoms with Crippen LogP contribution < -0.4 is 11.1 Å². The van der Waals surface area contributed by atoms with Crippen LogP contribution in [-0.4, -0.2) is 11.0 Å². The lowest BCUT2D eigenvalue weighted by Crippen LogP contribution is -2.13. The van der Waals surface area contributed by atoms with Crippen LogP contribution in [-0.2, 0) is 0 Å². The first-order valence-corrected chi connectivity index (χ1v) is 5.70. The molecule has 0 aliphatic carbocycles. The van der Waals surface area contributed by atoms with Gasteiger partial charge in [0.15, 0.2) is 0 Å². The Kier molecular flexibility index (Phi) is 3.57. The van der Waals surface area contributed by atoms with Crippen molar-refractivity contribution in [2.75, 3.05) is 11.1 Å². The molecule has 0 saturated carbocycles. The summed E-state index contributed by atoms with van der Waals surface area (Å²) in [6.45, 7) is 0. The number of carbonyl (C=O) groups excluding carboxylic acids is 1. The maximum absolute atomic E-state index is 13.5. The zero-order valence-electron chi connectivity index (χ0n) is 9.65. The molecule has 4 nitrogen and oxygen atoms in total. The first-order valence-electron chi connectivity index (χ1n) is 5.32. The maximum atomic E-state index is 13.5. The van der Waals surface area contributed by atoms with Gasteiger partial charge in [-0.05, 0) is 36.4 Å². The van der Waals surface area contributed by atoms with Gasteiger partial charge < -0.3 is 16.2 Å². The zero-order chi connectivity index (χ0) is 14.0. The van der Waals surface area contributed by atoms with Gasteiger partial charge in [-0.15, -0.1) is 0 Å². The molecule has 0 radical (unpaired) electrons. The van der Waals surface area contributed by atoms with Crippen LogP contribution in [0.2, 0.25) is 5.02 Å². The summed E-state index contributed by atoms with van der Waals surface area (Å²) in [5.74, 6) is -1.55. The Hall–Kier alpha value is -2.27. The Balaban J connectivity index is 2.28. The molecule has 98 valence electrons. The molecule has 0 bridgehead atoms. The quantitative estimate of drug-likeness (QED) is 0.740. The molecule has 2 aromatic rings. The first-order chi connectivity index (χ1) is 8.97. The Morgan fingerprint density at radius 2 is 2.00 bits per heavy atom. The van der Waals surface area contributed by atoms with Crippen LogP contribution in [0, 0.1) is 5.82 Å². The maximum Gasteiger partial charge on any atom is 0.259 e. The highest BCUT2D eigenvalue weighted by atomic mass is 35.5. The molecule has 0 fully saturated rings. The van der Waals surface area contributed by atoms with E-state index in [9.17, 15) is 14.3 Å². The minimum absolute atomic E-state index is 0.00813. The molecular formula is C13H10ClFN2O2. The van der Waals surface area contributed by atoms with Crippen molar-refractivity contribution >= 4 is 28.9 Å². The van der Waals surface area contributed by atoms with Gasteiger partial charge in [-0.2, -0.15) is 0 Å². The minimum atomic E-state index is -0.654. The van der Waals surface area contributed by atoms with Gasteiger partial charge in [-0.25, -0.2) is 4.39 Å². The van der Waals surface area contributed by atoms with E-state index < -0.39 is 11.7 Å². The second-order valence-corrected chi connectivity index (χ2v) is 4.29. The SMILES string of the molecule is Nc1ccc(F)c(NC(=O)c2ccc(Cl)cc2O)c1. The monoisotopic (exact) mass is 280 g/mol. The summed E-state index contributed by atoms with van der Waals surface area (Å²) in [4.78, 5) is 11.9. The normalized spacial score (nSPS) is 10.2. The van der Waals surface area contributed by atoms with Crippen molar-refractivity contribution in [3.8, 4) is 5.75 Å². The third kappa shape index (κ3) is 2.95. The van der Waals surface area contributed by atoms with Crippen LogP contribution in [0.4, 0.5) is 15.8 Å². The fourth-order valence-corrected chi connectivity index (χ4v) is 1.69. The number of hydrogen-bond acceptors (Lipinski definition) is 3. The Morgan fingerprint density at radius 3 is 2.68 bits per heavy atom. The highest BCUT2D eigenvalue weighted by Crippen LogP contribution is 2.24. The number of halogens is 2. The number of amides is 1. The number of phenolic OH excluding ortho intramolecular Hbond substituents is 1. The molecule has 0 saturated heterocycles. The van der Waals surface area contributed by atoms with Gasteiger partial charge in [0.2, 0.25) is 0 Å². The minimum Gasteiger partial charge on any atom is -0.507 e. The number of anilines is 2. The summed E-state index contributed by atoms with van der Waals surface area (Å²) < 4.78 is 13.5. The molecule has 0 heterocycles. The van der Waals surface area contributed by atoms with E-state index >= 15 is 0 Å². The highest BCUT2D eigenvalue weighted by Gasteiger charge is 2.13. The van der Waals surface area contributed by atoms with Crippen LogP contribution in [0.5, 0.6) is 5.75 Å². The summed E-state index contributed by atoms with van der Waals surface area (Å²) in [6, 6.07) is 7.84. The van der Waals surface area contributed by atoms with Gasteiger partial charge in [0.1, 0.15) is 11.6 Å². The number of rotatable bonds is 2. The summed E-state index contributed by atoms with van der Waals surface area (Å²) in [6.07, 6.45) is 0. The number of nitrogens with two attached hydrogens (primary N) is 1. The van der Waals surface area contributed by atoms with Crippen molar-refractivity contribution < 1.29 is 14.3 Å². The molecule has 19 heavy (non-hydrogen) atoms. The van der Waals surface area contributed by atoms with Crippen molar-refractivity contribution in [3.05, 3.63) is 52.8 Å². The molecule has 0 aliphatic rings. The number of benzene rings is 2. The van der Waals surface area contributed by atoms with Gasteiger partial charge >= 0.3 is 0 Å². The lowest BCUT2D eigenvalue weighted by molar-refractivity contribution is 0.102. The standard InChI is InChI=1S/C13H10ClFN2O2/c14-7-1-3-9(12(18)5-7)13(19)17-11-6-8(16)2-4-10(11)15/h1-6,18H,16H2,(H,17,19). The molecular weight excluding hydrogens is 271 g/mol. The molecule has 2 aromatic carbocycles. The molecule has 2 rings (SSSR count). The van der Waals surface area contributed by atoms with E-state index in [2.05, 4.69) is 5.32 Å². The number of aromatic hydroxyl groups is 1. The smallest absolute Gasteiger partial charge is 0.259 e. The number of phenols is 1. The lowest BCUT2D eigenvalue weighted by Gasteiger charge is -2.08. The third-order valence-electron chi connectivity index (χ3n) is 2.44. The molecule has 0 unspecified atom stereocenters. The van der Waals surface area contributed by atoms with Crippen LogP contribution in [0.15, 0.2) is 36.4 Å². The summed E-state index contributed by atoms with van der Waals surface area (Å²) in [5.41, 5.74) is 5.76. The Labute approximate surface area is 113 Å².